The highest BCUT2D eigenvalue weighted by atomic mass is 16.5. The van der Waals surface area contributed by atoms with Crippen molar-refractivity contribution in [1.82, 2.24) is 4.57 Å². The number of aryl methyl sites for hydroxylation is 1. The molecule has 0 radical (unpaired) electrons. The summed E-state index contributed by atoms with van der Waals surface area (Å²) in [7, 11) is 0. The molecule has 1 atom stereocenters. The number of hydrogen-bond acceptors (Lipinski definition) is 4. The zero-order valence-corrected chi connectivity index (χ0v) is 9.64. The molecule has 3 N–H and O–H groups in total. The molecule has 0 bridgehead atoms. The van der Waals surface area contributed by atoms with Crippen LogP contribution in [0.3, 0.4) is 0 Å². The molecule has 0 fully saturated rings. The van der Waals surface area contributed by atoms with Crippen molar-refractivity contribution >= 4 is 11.7 Å². The average molecular weight is 226 g/mol. The van der Waals surface area contributed by atoms with E-state index in [4.69, 9.17) is 15.6 Å². The van der Waals surface area contributed by atoms with Crippen LogP contribution in [0, 0.1) is 0 Å². The third-order valence-electron chi connectivity index (χ3n) is 2.05. The van der Waals surface area contributed by atoms with Gasteiger partial charge in [0.2, 0.25) is 0 Å². The molecule has 0 aliphatic rings. The van der Waals surface area contributed by atoms with Crippen molar-refractivity contribution in [3.8, 4) is 0 Å². The van der Waals surface area contributed by atoms with Gasteiger partial charge in [-0.2, -0.15) is 0 Å². The van der Waals surface area contributed by atoms with Crippen molar-refractivity contribution in [3.63, 3.8) is 0 Å². The van der Waals surface area contributed by atoms with Gasteiger partial charge in [-0.05, 0) is 19.4 Å². The van der Waals surface area contributed by atoms with Crippen LogP contribution in [-0.4, -0.2) is 28.4 Å². The van der Waals surface area contributed by atoms with E-state index in [0.29, 0.717) is 11.4 Å². The number of nitrogens with zero attached hydrogens (tertiary/aromatic N) is 1. The van der Waals surface area contributed by atoms with Crippen LogP contribution >= 0.6 is 0 Å². The van der Waals surface area contributed by atoms with Gasteiger partial charge in [0.25, 0.3) is 0 Å². The number of esters is 1. The molecule has 0 aliphatic carbocycles. The molecular weight excluding hydrogens is 208 g/mol. The highest BCUT2D eigenvalue weighted by Crippen LogP contribution is 2.12. The van der Waals surface area contributed by atoms with Gasteiger partial charge in [0, 0.05) is 12.7 Å². The largest absolute Gasteiger partial charge is 0.458 e. The topological polar surface area (TPSA) is 77.5 Å². The standard InChI is InChI=1S/C11H18N2O3/c1-3-4-13-6-9(12)5-10(13)11(15)16-7-8(2)14/h5-6,8,14H,3-4,7,12H2,1-2H3. The summed E-state index contributed by atoms with van der Waals surface area (Å²) in [5, 5.41) is 9.02. The number of aliphatic hydroxyl groups is 1. The third-order valence-corrected chi connectivity index (χ3v) is 2.05. The van der Waals surface area contributed by atoms with Gasteiger partial charge in [-0.15, -0.1) is 0 Å². The Morgan fingerprint density at radius 2 is 2.38 bits per heavy atom. The predicted octanol–water partition coefficient (Wildman–Crippen LogP) is 1.02. The van der Waals surface area contributed by atoms with Gasteiger partial charge in [0.1, 0.15) is 12.3 Å². The SMILES string of the molecule is CCCn1cc(N)cc1C(=O)OCC(C)O. The Morgan fingerprint density at radius 3 is 2.94 bits per heavy atom. The first-order valence-electron chi connectivity index (χ1n) is 5.35. The highest BCUT2D eigenvalue weighted by molar-refractivity contribution is 5.89. The number of nitrogens with two attached hydrogens (primary N) is 1. The van der Waals surface area contributed by atoms with E-state index in [1.807, 2.05) is 6.92 Å². The second kappa shape index (κ2) is 5.55. The second-order valence-electron chi connectivity index (χ2n) is 3.80. The summed E-state index contributed by atoms with van der Waals surface area (Å²) in [5.74, 6) is -0.453. The first kappa shape index (κ1) is 12.6. The lowest BCUT2D eigenvalue weighted by Crippen LogP contribution is -2.17. The van der Waals surface area contributed by atoms with Gasteiger partial charge in [-0.3, -0.25) is 0 Å². The first-order valence-corrected chi connectivity index (χ1v) is 5.35. The Labute approximate surface area is 94.8 Å². The minimum Gasteiger partial charge on any atom is -0.458 e. The molecule has 1 unspecified atom stereocenters. The first-order chi connectivity index (χ1) is 7.54. The van der Waals surface area contributed by atoms with Gasteiger partial charge in [0.05, 0.1) is 11.8 Å². The molecule has 5 heteroatoms. The molecule has 90 valence electrons. The monoisotopic (exact) mass is 226 g/mol. The lowest BCUT2D eigenvalue weighted by atomic mass is 10.4. The highest BCUT2D eigenvalue weighted by Gasteiger charge is 2.14. The van der Waals surface area contributed by atoms with Crippen molar-refractivity contribution in [2.24, 2.45) is 0 Å². The van der Waals surface area contributed by atoms with E-state index in [-0.39, 0.29) is 6.61 Å². The molecule has 0 spiro atoms. The van der Waals surface area contributed by atoms with Crippen LogP contribution in [0.4, 0.5) is 5.69 Å². The molecule has 0 amide bonds. The number of anilines is 1. The maximum absolute atomic E-state index is 11.6. The predicted molar refractivity (Wildman–Crippen MR) is 61.1 cm³/mol. The Bertz CT molecular complexity index is 358. The maximum atomic E-state index is 11.6. The number of nitrogen functional groups attached to an aromatic ring is 1. The van der Waals surface area contributed by atoms with Crippen LogP contribution in [0.25, 0.3) is 0 Å². The molecule has 0 saturated heterocycles. The Balaban J connectivity index is 2.73. The Kier molecular flexibility index (Phi) is 4.37. The van der Waals surface area contributed by atoms with Gasteiger partial charge in [-0.25, -0.2) is 4.79 Å². The number of aromatic nitrogens is 1. The van der Waals surface area contributed by atoms with Gasteiger partial charge < -0.3 is 20.1 Å². The van der Waals surface area contributed by atoms with Gasteiger partial charge in [0.15, 0.2) is 0 Å². The number of ether oxygens (including phenoxy) is 1. The quantitative estimate of drug-likeness (QED) is 0.735. The number of rotatable bonds is 5. The fourth-order valence-corrected chi connectivity index (χ4v) is 1.40. The minimum atomic E-state index is -0.657. The van der Waals surface area contributed by atoms with Crippen LogP contribution < -0.4 is 5.73 Å². The molecule has 16 heavy (non-hydrogen) atoms. The van der Waals surface area contributed by atoms with Crippen LogP contribution in [0.1, 0.15) is 30.8 Å². The Morgan fingerprint density at radius 1 is 1.69 bits per heavy atom. The summed E-state index contributed by atoms with van der Waals surface area (Å²) in [6.45, 7) is 4.29. The lowest BCUT2D eigenvalue weighted by molar-refractivity contribution is 0.0285. The molecule has 1 heterocycles. The molecule has 0 aromatic carbocycles. The third kappa shape index (κ3) is 3.27. The van der Waals surface area contributed by atoms with E-state index in [9.17, 15) is 4.79 Å². The van der Waals surface area contributed by atoms with Crippen LogP contribution in [0.5, 0.6) is 0 Å². The summed E-state index contributed by atoms with van der Waals surface area (Å²) < 4.78 is 6.69. The molecule has 1 aromatic rings. The number of carbonyl (C=O) groups is 1. The van der Waals surface area contributed by atoms with E-state index in [1.165, 1.54) is 0 Å². The summed E-state index contributed by atoms with van der Waals surface area (Å²) >= 11 is 0. The van der Waals surface area contributed by atoms with Crippen LogP contribution in [-0.2, 0) is 11.3 Å². The van der Waals surface area contributed by atoms with E-state index in [2.05, 4.69) is 0 Å². The van der Waals surface area contributed by atoms with Crippen molar-refractivity contribution in [2.75, 3.05) is 12.3 Å². The Hall–Kier alpha value is -1.49. The normalized spacial score (nSPS) is 12.4. The van der Waals surface area contributed by atoms with Crippen molar-refractivity contribution < 1.29 is 14.6 Å². The zero-order chi connectivity index (χ0) is 12.1. The second-order valence-corrected chi connectivity index (χ2v) is 3.80. The molecule has 1 aromatic heterocycles. The summed E-state index contributed by atoms with van der Waals surface area (Å²) in [4.78, 5) is 11.6. The smallest absolute Gasteiger partial charge is 0.355 e. The average Bonchev–Trinajstić information content (AvgIpc) is 2.56. The zero-order valence-electron chi connectivity index (χ0n) is 9.64. The molecule has 0 saturated carbocycles. The van der Waals surface area contributed by atoms with Crippen molar-refractivity contribution in [3.05, 3.63) is 18.0 Å². The fourth-order valence-electron chi connectivity index (χ4n) is 1.40. The van der Waals surface area contributed by atoms with E-state index in [0.717, 1.165) is 13.0 Å². The number of aliphatic hydroxyl groups excluding tert-OH is 1. The fraction of sp³-hybridized carbons (Fsp3) is 0.545. The van der Waals surface area contributed by atoms with Gasteiger partial charge in [-0.1, -0.05) is 6.92 Å². The summed E-state index contributed by atoms with van der Waals surface area (Å²) in [6, 6.07) is 1.58. The van der Waals surface area contributed by atoms with E-state index < -0.39 is 12.1 Å². The molecule has 1 rings (SSSR count). The van der Waals surface area contributed by atoms with Gasteiger partial charge >= 0.3 is 5.97 Å². The minimum absolute atomic E-state index is 0.00393. The van der Waals surface area contributed by atoms with E-state index in [1.54, 1.807) is 23.8 Å². The molecular formula is C11H18N2O3. The maximum Gasteiger partial charge on any atom is 0.355 e. The lowest BCUT2D eigenvalue weighted by Gasteiger charge is -2.09. The molecule has 0 aliphatic heterocycles. The summed E-state index contributed by atoms with van der Waals surface area (Å²) in [6.07, 6.45) is 1.96. The van der Waals surface area contributed by atoms with Crippen molar-refractivity contribution in [2.45, 2.75) is 32.9 Å². The number of carbonyl (C=O) groups excluding carboxylic acids is 1. The summed E-state index contributed by atoms with van der Waals surface area (Å²) in [5.41, 5.74) is 6.60. The number of hydrogen-bond donors (Lipinski definition) is 2. The van der Waals surface area contributed by atoms with E-state index >= 15 is 0 Å². The van der Waals surface area contributed by atoms with Crippen LogP contribution in [0.2, 0.25) is 0 Å². The van der Waals surface area contributed by atoms with Crippen molar-refractivity contribution in [1.29, 1.82) is 0 Å². The van der Waals surface area contributed by atoms with Crippen LogP contribution in [0.15, 0.2) is 12.3 Å². The molecule has 5 nitrogen and oxygen atoms in total.